The number of halogens is 1. The number of amides is 3. The number of benzene rings is 3. The Hall–Kier alpha value is -4.35. The lowest BCUT2D eigenvalue weighted by Crippen LogP contribution is -2.33. The van der Waals surface area contributed by atoms with E-state index in [1.54, 1.807) is 24.3 Å². The number of carbonyl (C=O) groups is 3. The molecule has 1 saturated heterocycles. The molecule has 45 heavy (non-hydrogen) atoms. The van der Waals surface area contributed by atoms with Crippen LogP contribution in [-0.2, 0) is 31.0 Å². The van der Waals surface area contributed by atoms with Gasteiger partial charge in [0.15, 0.2) is 0 Å². The third-order valence-electron chi connectivity index (χ3n) is 7.37. The Morgan fingerprint density at radius 3 is 2.22 bits per heavy atom. The van der Waals surface area contributed by atoms with Crippen LogP contribution < -0.4 is 20.2 Å². The first kappa shape index (κ1) is 30.7. The first-order valence-electron chi connectivity index (χ1n) is 13.0. The molecule has 3 amide bonds. The molecule has 3 N–H and O–H groups in total. The van der Waals surface area contributed by atoms with Crippen molar-refractivity contribution in [2.24, 2.45) is 11.1 Å². The number of sulfonamides is 1. The minimum absolute atomic E-state index is 0.138. The summed E-state index contributed by atoms with van der Waals surface area (Å²) in [6, 6.07) is 16.9. The monoisotopic (exact) mass is 685 g/mol. The zero-order valence-corrected chi connectivity index (χ0v) is 25.9. The average Bonchev–Trinajstić information content (AvgIpc) is 3.43. The van der Waals surface area contributed by atoms with Crippen LogP contribution in [0.1, 0.15) is 16.4 Å². The zero-order chi connectivity index (χ0) is 32.2. The number of thioether (sulfide) groups is 1. The Balaban J connectivity index is 1.36. The molecule has 0 spiro atoms. The largest absolute Gasteiger partial charge is 0.325 e. The van der Waals surface area contributed by atoms with E-state index in [1.807, 2.05) is 0 Å². The fourth-order valence-corrected chi connectivity index (χ4v) is 8.75. The SMILES string of the molecule is NS(=O)(=O)c1ccc(NC(=O)Cn2c3c(sc2=O)[C@H](c2ccc(Cl)cc2)C2C(=O)N(c4ccc([N+](=O)[O-])cc4)C(=O)C2S3)cc1. The summed E-state index contributed by atoms with van der Waals surface area (Å²) in [7, 11) is -3.93. The third kappa shape index (κ3) is 5.66. The molecule has 13 nitrogen and oxygen atoms in total. The van der Waals surface area contributed by atoms with Crippen molar-refractivity contribution in [3.8, 4) is 0 Å². The highest BCUT2D eigenvalue weighted by atomic mass is 35.5. The second-order valence-electron chi connectivity index (χ2n) is 10.1. The molecule has 0 radical (unpaired) electrons. The minimum atomic E-state index is -3.93. The number of hydrogen-bond donors (Lipinski definition) is 2. The highest BCUT2D eigenvalue weighted by Gasteiger charge is 2.56. The van der Waals surface area contributed by atoms with Gasteiger partial charge in [-0.2, -0.15) is 0 Å². The number of non-ortho nitro benzene ring substituents is 1. The van der Waals surface area contributed by atoms with Gasteiger partial charge in [0.1, 0.15) is 11.8 Å². The van der Waals surface area contributed by atoms with E-state index in [4.69, 9.17) is 16.7 Å². The summed E-state index contributed by atoms with van der Waals surface area (Å²) >= 11 is 8.00. The van der Waals surface area contributed by atoms with Crippen molar-refractivity contribution < 1.29 is 27.7 Å². The molecule has 17 heteroatoms. The van der Waals surface area contributed by atoms with E-state index in [0.29, 0.717) is 20.5 Å². The first-order valence-corrected chi connectivity index (χ1v) is 16.7. The molecule has 6 rings (SSSR count). The van der Waals surface area contributed by atoms with Gasteiger partial charge in [0, 0.05) is 33.6 Å². The number of nitro benzene ring substituents is 1. The summed E-state index contributed by atoms with van der Waals surface area (Å²) in [6.07, 6.45) is 0. The topological polar surface area (TPSA) is 192 Å². The molecule has 3 heterocycles. The van der Waals surface area contributed by atoms with Crippen molar-refractivity contribution >= 4 is 79.5 Å². The molecule has 4 aromatic rings. The highest BCUT2D eigenvalue weighted by molar-refractivity contribution is 8.00. The van der Waals surface area contributed by atoms with Crippen molar-refractivity contribution in [1.29, 1.82) is 0 Å². The number of thiazole rings is 1. The summed E-state index contributed by atoms with van der Waals surface area (Å²) in [5.74, 6) is -3.31. The Morgan fingerprint density at radius 2 is 1.62 bits per heavy atom. The average molecular weight is 686 g/mol. The molecular weight excluding hydrogens is 666 g/mol. The summed E-state index contributed by atoms with van der Waals surface area (Å²) in [5, 5.41) is 18.7. The number of nitrogens with one attached hydrogen (secondary N) is 1. The van der Waals surface area contributed by atoms with Crippen LogP contribution in [0.5, 0.6) is 0 Å². The van der Waals surface area contributed by atoms with Crippen molar-refractivity contribution in [1.82, 2.24) is 4.57 Å². The first-order chi connectivity index (χ1) is 21.3. The number of nitrogens with two attached hydrogens (primary N) is 1. The second kappa shape index (κ2) is 11.5. The number of rotatable bonds is 7. The summed E-state index contributed by atoms with van der Waals surface area (Å²) in [6.45, 7) is -0.423. The molecule has 2 aliphatic heterocycles. The number of carbonyl (C=O) groups excluding carboxylic acids is 3. The zero-order valence-electron chi connectivity index (χ0n) is 22.7. The molecule has 0 bridgehead atoms. The van der Waals surface area contributed by atoms with Crippen molar-refractivity contribution in [3.63, 3.8) is 0 Å². The molecule has 2 unspecified atom stereocenters. The number of nitro groups is 1. The Morgan fingerprint density at radius 1 is 0.978 bits per heavy atom. The van der Waals surface area contributed by atoms with Crippen LogP contribution in [0, 0.1) is 16.0 Å². The van der Waals surface area contributed by atoms with Gasteiger partial charge in [-0.05, 0) is 54.1 Å². The maximum absolute atomic E-state index is 13.9. The van der Waals surface area contributed by atoms with Gasteiger partial charge in [-0.1, -0.05) is 46.8 Å². The van der Waals surface area contributed by atoms with Gasteiger partial charge >= 0.3 is 4.87 Å². The standard InChI is InChI=1S/C28H20ClN5O8S3/c29-15-3-1-14(2-4-15)21-22-23(26(37)33(25(22)36)17-7-9-18(10-8-17)34(39)40)43-27-24(21)44-28(38)32(27)13-20(35)31-16-5-11-19(12-6-16)45(30,41)42/h1-12,21-23H,13H2,(H,31,35)(H2,30,41,42)/t21-,22?,23?/m1/s1. The predicted molar refractivity (Wildman–Crippen MR) is 167 cm³/mol. The van der Waals surface area contributed by atoms with Crippen LogP contribution in [0.3, 0.4) is 0 Å². The third-order valence-corrected chi connectivity index (χ3v) is 11.2. The van der Waals surface area contributed by atoms with E-state index in [2.05, 4.69) is 5.32 Å². The van der Waals surface area contributed by atoms with E-state index >= 15 is 0 Å². The minimum Gasteiger partial charge on any atom is -0.325 e. The number of primary sulfonamides is 1. The number of nitrogens with zero attached hydrogens (tertiary/aromatic N) is 3. The van der Waals surface area contributed by atoms with E-state index in [-0.39, 0.29) is 22.0 Å². The highest BCUT2D eigenvalue weighted by Crippen LogP contribution is 2.54. The van der Waals surface area contributed by atoms with Crippen LogP contribution in [0.15, 0.2) is 87.5 Å². The number of imide groups is 1. The van der Waals surface area contributed by atoms with Gasteiger partial charge in [0.2, 0.25) is 27.7 Å². The molecule has 230 valence electrons. The fourth-order valence-electron chi connectivity index (χ4n) is 5.33. The van der Waals surface area contributed by atoms with Crippen molar-refractivity contribution in [2.45, 2.75) is 27.6 Å². The van der Waals surface area contributed by atoms with E-state index in [9.17, 15) is 37.7 Å². The second-order valence-corrected chi connectivity index (χ2v) is 14.2. The maximum atomic E-state index is 13.9. The Kier molecular flexibility index (Phi) is 7.86. The fraction of sp³-hybridized carbons (Fsp3) is 0.143. The van der Waals surface area contributed by atoms with Gasteiger partial charge in [0.25, 0.3) is 5.69 Å². The summed E-state index contributed by atoms with van der Waals surface area (Å²) < 4.78 is 24.3. The van der Waals surface area contributed by atoms with E-state index in [0.717, 1.165) is 28.0 Å². The van der Waals surface area contributed by atoms with Gasteiger partial charge in [0.05, 0.1) is 26.5 Å². The van der Waals surface area contributed by atoms with E-state index in [1.165, 1.54) is 53.1 Å². The predicted octanol–water partition coefficient (Wildman–Crippen LogP) is 3.55. The number of aromatic nitrogens is 1. The number of fused-ring (bicyclic) bond motifs is 2. The lowest BCUT2D eigenvalue weighted by Gasteiger charge is -2.30. The van der Waals surface area contributed by atoms with Crippen LogP contribution in [-0.4, -0.2) is 40.9 Å². The van der Waals surface area contributed by atoms with Crippen molar-refractivity contribution in [2.75, 3.05) is 10.2 Å². The molecule has 2 aliphatic rings. The molecule has 0 saturated carbocycles. The van der Waals surface area contributed by atoms with Gasteiger partial charge in [-0.25, -0.2) is 18.5 Å². The van der Waals surface area contributed by atoms with Crippen LogP contribution >= 0.6 is 34.7 Å². The Bertz CT molecular complexity index is 2050. The normalized spacial score (nSPS) is 19.2. The van der Waals surface area contributed by atoms with Gasteiger partial charge in [-0.3, -0.25) is 33.9 Å². The Labute approximate surface area is 267 Å². The smallest absolute Gasteiger partial charge is 0.308 e. The molecule has 0 aliphatic carbocycles. The summed E-state index contributed by atoms with van der Waals surface area (Å²) in [4.78, 5) is 65.5. The lowest BCUT2D eigenvalue weighted by atomic mass is 9.83. The van der Waals surface area contributed by atoms with Crippen LogP contribution in [0.4, 0.5) is 17.1 Å². The van der Waals surface area contributed by atoms with Crippen LogP contribution in [0.25, 0.3) is 0 Å². The quantitative estimate of drug-likeness (QED) is 0.166. The van der Waals surface area contributed by atoms with Gasteiger partial charge in [-0.15, -0.1) is 0 Å². The maximum Gasteiger partial charge on any atom is 0.308 e. The summed E-state index contributed by atoms with van der Waals surface area (Å²) in [5.41, 5.74) is 0.879. The van der Waals surface area contributed by atoms with E-state index < -0.39 is 61.2 Å². The van der Waals surface area contributed by atoms with Crippen LogP contribution in [0.2, 0.25) is 5.02 Å². The number of hydrogen-bond acceptors (Lipinski definition) is 10. The number of anilines is 2. The van der Waals surface area contributed by atoms with Gasteiger partial charge < -0.3 is 5.32 Å². The molecule has 1 fully saturated rings. The molecule has 3 aromatic carbocycles. The molecule has 1 aromatic heterocycles. The molecular formula is C28H20ClN5O8S3. The lowest BCUT2D eigenvalue weighted by molar-refractivity contribution is -0.384. The molecule has 3 atom stereocenters. The van der Waals surface area contributed by atoms with Crippen molar-refractivity contribution in [3.05, 3.63) is 108 Å².